The predicted molar refractivity (Wildman–Crippen MR) is 81.0 cm³/mol. The summed E-state index contributed by atoms with van der Waals surface area (Å²) in [5.41, 5.74) is 4.65. The number of aliphatic carboxylic acids is 1. The minimum Gasteiger partial charge on any atom is -0.480 e. The number of aromatic nitrogens is 3. The van der Waals surface area contributed by atoms with Crippen LogP contribution in [-0.2, 0) is 9.53 Å². The Morgan fingerprint density at radius 2 is 2.29 bits per heavy atom. The highest BCUT2D eigenvalue weighted by Crippen LogP contribution is 2.26. The molecule has 0 radical (unpaired) electrons. The first-order valence-electron chi connectivity index (χ1n) is 7.53. The SMILES string of the molecule is Nc1ncn([C@H]2C[C@H](O)[C@@H](CO)O2)c(=O)n1.O=C(O)C1CCCN1. The van der Waals surface area contributed by atoms with E-state index in [2.05, 4.69) is 15.3 Å². The normalized spacial score (nSPS) is 29.1. The highest BCUT2D eigenvalue weighted by molar-refractivity contribution is 5.73. The molecule has 2 fully saturated rings. The maximum atomic E-state index is 11.4. The van der Waals surface area contributed by atoms with E-state index in [0.717, 1.165) is 24.0 Å². The van der Waals surface area contributed by atoms with Crippen molar-refractivity contribution in [3.05, 3.63) is 16.8 Å². The second kappa shape index (κ2) is 8.15. The van der Waals surface area contributed by atoms with Crippen LogP contribution in [0.5, 0.6) is 0 Å². The van der Waals surface area contributed by atoms with Gasteiger partial charge in [0.05, 0.1) is 12.7 Å². The zero-order chi connectivity index (χ0) is 17.7. The molecule has 3 rings (SSSR count). The van der Waals surface area contributed by atoms with Crippen molar-refractivity contribution in [1.29, 1.82) is 0 Å². The first-order chi connectivity index (χ1) is 11.4. The molecule has 0 aliphatic carbocycles. The van der Waals surface area contributed by atoms with Crippen LogP contribution < -0.4 is 16.7 Å². The van der Waals surface area contributed by atoms with Crippen molar-refractivity contribution in [3.8, 4) is 0 Å². The van der Waals surface area contributed by atoms with Crippen molar-refractivity contribution in [3.63, 3.8) is 0 Å². The molecule has 134 valence electrons. The van der Waals surface area contributed by atoms with Gasteiger partial charge in [-0.2, -0.15) is 4.98 Å². The lowest BCUT2D eigenvalue weighted by Crippen LogP contribution is -2.29. The highest BCUT2D eigenvalue weighted by atomic mass is 16.5. The number of nitrogen functional groups attached to an aromatic ring is 1. The van der Waals surface area contributed by atoms with Crippen LogP contribution in [0, 0.1) is 0 Å². The maximum Gasteiger partial charge on any atom is 0.354 e. The van der Waals surface area contributed by atoms with Gasteiger partial charge < -0.3 is 31.1 Å². The molecular formula is C13H21N5O6. The summed E-state index contributed by atoms with van der Waals surface area (Å²) in [7, 11) is 0. The smallest absolute Gasteiger partial charge is 0.354 e. The summed E-state index contributed by atoms with van der Waals surface area (Å²) < 4.78 is 6.41. The quantitative estimate of drug-likeness (QED) is 0.401. The molecule has 0 aromatic carbocycles. The second-order valence-electron chi connectivity index (χ2n) is 5.51. The molecular weight excluding hydrogens is 322 g/mol. The highest BCUT2D eigenvalue weighted by Gasteiger charge is 2.35. The van der Waals surface area contributed by atoms with Crippen LogP contribution in [0.2, 0.25) is 0 Å². The number of hydrogen-bond acceptors (Lipinski definition) is 9. The average molecular weight is 343 g/mol. The Kier molecular flexibility index (Phi) is 6.20. The Balaban J connectivity index is 0.000000219. The van der Waals surface area contributed by atoms with E-state index in [-0.39, 0.29) is 25.0 Å². The van der Waals surface area contributed by atoms with Gasteiger partial charge in [-0.1, -0.05) is 0 Å². The van der Waals surface area contributed by atoms with Crippen LogP contribution in [0.1, 0.15) is 25.5 Å². The molecule has 24 heavy (non-hydrogen) atoms. The van der Waals surface area contributed by atoms with Gasteiger partial charge in [0.15, 0.2) is 0 Å². The van der Waals surface area contributed by atoms with Crippen LogP contribution in [0.25, 0.3) is 0 Å². The Bertz CT molecular complexity index is 617. The lowest BCUT2D eigenvalue weighted by Gasteiger charge is -2.13. The summed E-state index contributed by atoms with van der Waals surface area (Å²) >= 11 is 0. The minimum absolute atomic E-state index is 0.112. The van der Waals surface area contributed by atoms with Gasteiger partial charge in [-0.05, 0) is 19.4 Å². The third-order valence-electron chi connectivity index (χ3n) is 3.80. The van der Waals surface area contributed by atoms with E-state index in [9.17, 15) is 14.7 Å². The third kappa shape index (κ3) is 4.47. The van der Waals surface area contributed by atoms with Crippen LogP contribution >= 0.6 is 0 Å². The third-order valence-corrected chi connectivity index (χ3v) is 3.80. The van der Waals surface area contributed by atoms with E-state index >= 15 is 0 Å². The summed E-state index contributed by atoms with van der Waals surface area (Å²) in [6.07, 6.45) is 1.04. The fourth-order valence-corrected chi connectivity index (χ4v) is 2.50. The average Bonchev–Trinajstić information content (AvgIpc) is 3.17. The number of carboxylic acid groups (broad SMARTS) is 1. The lowest BCUT2D eigenvalue weighted by atomic mass is 10.2. The Hall–Kier alpha value is -2.08. The number of rotatable bonds is 3. The van der Waals surface area contributed by atoms with Gasteiger partial charge in [-0.15, -0.1) is 0 Å². The number of hydrogen-bond donors (Lipinski definition) is 5. The van der Waals surface area contributed by atoms with E-state index in [4.69, 9.17) is 20.7 Å². The molecule has 0 saturated carbocycles. The molecule has 11 heteroatoms. The van der Waals surface area contributed by atoms with Crippen molar-refractivity contribution >= 4 is 11.9 Å². The molecule has 1 unspecified atom stereocenters. The topological polar surface area (TPSA) is 173 Å². The largest absolute Gasteiger partial charge is 0.480 e. The maximum absolute atomic E-state index is 11.4. The number of nitrogens with zero attached hydrogens (tertiary/aromatic N) is 3. The number of nitrogens with one attached hydrogen (secondary N) is 1. The molecule has 1 aromatic heterocycles. The number of carboxylic acids is 1. The van der Waals surface area contributed by atoms with Gasteiger partial charge in [0.25, 0.3) is 0 Å². The standard InChI is InChI=1S/C8H12N4O4.C5H9NO2/c9-7-10-3-12(8(15)11-7)6-1-4(14)5(2-13)16-6;7-5(8)4-2-1-3-6-4/h3-6,13-14H,1-2H2,(H2,9,11,15);4,6H,1-3H2,(H,7,8)/t4-,5+,6+;/m0./s1. The summed E-state index contributed by atoms with van der Waals surface area (Å²) in [4.78, 5) is 28.7. The molecule has 0 bridgehead atoms. The molecule has 1 aromatic rings. The zero-order valence-electron chi connectivity index (χ0n) is 12.9. The van der Waals surface area contributed by atoms with Crippen molar-refractivity contribution in [1.82, 2.24) is 19.9 Å². The monoisotopic (exact) mass is 343 g/mol. The van der Waals surface area contributed by atoms with Gasteiger partial charge in [-0.3, -0.25) is 9.36 Å². The zero-order valence-corrected chi connectivity index (χ0v) is 12.9. The predicted octanol–water partition coefficient (Wildman–Crippen LogP) is -2.32. The van der Waals surface area contributed by atoms with Gasteiger partial charge in [-0.25, -0.2) is 9.78 Å². The molecule has 4 atom stereocenters. The molecule has 2 aliphatic heterocycles. The number of aliphatic hydroxyl groups is 2. The van der Waals surface area contributed by atoms with Crippen molar-refractivity contribution < 1.29 is 24.9 Å². The number of nitrogens with two attached hydrogens (primary N) is 1. The Morgan fingerprint density at radius 1 is 1.54 bits per heavy atom. The van der Waals surface area contributed by atoms with Crippen LogP contribution in [0.3, 0.4) is 0 Å². The number of anilines is 1. The van der Waals surface area contributed by atoms with E-state index in [0.29, 0.717) is 0 Å². The molecule has 0 spiro atoms. The Labute approximate surface area is 137 Å². The number of carbonyl (C=O) groups is 1. The summed E-state index contributed by atoms with van der Waals surface area (Å²) in [5, 5.41) is 29.6. The lowest BCUT2D eigenvalue weighted by molar-refractivity contribution is -0.139. The van der Waals surface area contributed by atoms with Gasteiger partial charge in [0.2, 0.25) is 5.95 Å². The van der Waals surface area contributed by atoms with Crippen molar-refractivity contribution in [2.24, 2.45) is 0 Å². The van der Waals surface area contributed by atoms with Crippen LogP contribution in [0.15, 0.2) is 11.1 Å². The molecule has 6 N–H and O–H groups in total. The molecule has 3 heterocycles. The number of ether oxygens (including phenoxy) is 1. The summed E-state index contributed by atoms with van der Waals surface area (Å²) in [5.74, 6) is -0.832. The first kappa shape index (κ1) is 18.3. The molecule has 0 amide bonds. The number of aliphatic hydroxyl groups excluding tert-OH is 2. The fourth-order valence-electron chi connectivity index (χ4n) is 2.50. The summed E-state index contributed by atoms with van der Waals surface area (Å²) in [6, 6.07) is -0.269. The van der Waals surface area contributed by atoms with Crippen LogP contribution in [0.4, 0.5) is 5.95 Å². The van der Waals surface area contributed by atoms with Gasteiger partial charge in [0.1, 0.15) is 24.7 Å². The van der Waals surface area contributed by atoms with E-state index < -0.39 is 30.1 Å². The molecule has 11 nitrogen and oxygen atoms in total. The summed E-state index contributed by atoms with van der Waals surface area (Å²) in [6.45, 7) is 0.555. The fraction of sp³-hybridized carbons (Fsp3) is 0.692. The van der Waals surface area contributed by atoms with Crippen LogP contribution in [-0.4, -0.2) is 67.2 Å². The van der Waals surface area contributed by atoms with E-state index in [1.54, 1.807) is 0 Å². The second-order valence-corrected chi connectivity index (χ2v) is 5.51. The first-order valence-corrected chi connectivity index (χ1v) is 7.53. The van der Waals surface area contributed by atoms with E-state index in [1.807, 2.05) is 0 Å². The van der Waals surface area contributed by atoms with Gasteiger partial charge in [0, 0.05) is 6.42 Å². The molecule has 2 aliphatic rings. The molecule has 2 saturated heterocycles. The van der Waals surface area contributed by atoms with Gasteiger partial charge >= 0.3 is 11.7 Å². The van der Waals surface area contributed by atoms with E-state index in [1.165, 1.54) is 6.33 Å². The Morgan fingerprint density at radius 3 is 2.75 bits per heavy atom. The van der Waals surface area contributed by atoms with Crippen molar-refractivity contribution in [2.45, 2.75) is 43.7 Å². The minimum atomic E-state index is -0.806. The van der Waals surface area contributed by atoms with Crippen molar-refractivity contribution in [2.75, 3.05) is 18.9 Å².